The summed E-state index contributed by atoms with van der Waals surface area (Å²) in [6.45, 7) is -0.388. The van der Waals surface area contributed by atoms with E-state index in [1.54, 1.807) is 29.2 Å². The molecule has 1 aromatic heterocycles. The standard InChI is InChI=1S/C21H20F3N5O2/c22-18-5-1-15(2-6-18)17-9-10-28(11-17)20(30)16-3-7-19(8-4-16)31-13-21(23,24)12-29-14-25-26-27-29/h1-8,14,17H,9-13H2/t17-/m0/s1. The van der Waals surface area contributed by atoms with Crippen molar-refractivity contribution in [3.63, 3.8) is 0 Å². The van der Waals surface area contributed by atoms with Gasteiger partial charge in [-0.2, -0.15) is 0 Å². The minimum Gasteiger partial charge on any atom is -0.487 e. The molecular weight excluding hydrogens is 411 g/mol. The van der Waals surface area contributed by atoms with E-state index in [2.05, 4.69) is 15.5 Å². The van der Waals surface area contributed by atoms with Crippen LogP contribution in [0.3, 0.4) is 0 Å². The number of nitrogens with zero attached hydrogens (tertiary/aromatic N) is 5. The fraction of sp³-hybridized carbons (Fsp3) is 0.333. The number of carbonyl (C=O) groups is 1. The van der Waals surface area contributed by atoms with Gasteiger partial charge in [-0.3, -0.25) is 4.79 Å². The fourth-order valence-corrected chi connectivity index (χ4v) is 3.55. The van der Waals surface area contributed by atoms with Crippen LogP contribution in [0.2, 0.25) is 0 Å². The van der Waals surface area contributed by atoms with E-state index in [9.17, 15) is 18.0 Å². The summed E-state index contributed by atoms with van der Waals surface area (Å²) in [4.78, 5) is 14.5. The summed E-state index contributed by atoms with van der Waals surface area (Å²) in [7, 11) is 0. The molecule has 0 aliphatic carbocycles. The number of likely N-dealkylation sites (tertiary alicyclic amines) is 1. The molecule has 2 aromatic carbocycles. The molecule has 1 atom stereocenters. The highest BCUT2D eigenvalue weighted by molar-refractivity contribution is 5.94. The van der Waals surface area contributed by atoms with E-state index in [4.69, 9.17) is 4.74 Å². The van der Waals surface area contributed by atoms with Crippen molar-refractivity contribution >= 4 is 5.91 Å². The highest BCUT2D eigenvalue weighted by Crippen LogP contribution is 2.28. The first-order chi connectivity index (χ1) is 14.9. The van der Waals surface area contributed by atoms with Gasteiger partial charge in [0.05, 0.1) is 0 Å². The topological polar surface area (TPSA) is 73.1 Å². The van der Waals surface area contributed by atoms with Crippen molar-refractivity contribution < 1.29 is 22.7 Å². The second kappa shape index (κ2) is 8.75. The summed E-state index contributed by atoms with van der Waals surface area (Å²) in [6, 6.07) is 12.4. The van der Waals surface area contributed by atoms with Crippen LogP contribution < -0.4 is 4.74 Å². The van der Waals surface area contributed by atoms with Crippen molar-refractivity contribution in [2.24, 2.45) is 0 Å². The number of carbonyl (C=O) groups excluding carboxylic acids is 1. The molecule has 4 rings (SSSR count). The number of benzene rings is 2. The molecule has 0 saturated carbocycles. The van der Waals surface area contributed by atoms with Gasteiger partial charge in [-0.25, -0.2) is 17.9 Å². The third kappa shape index (κ3) is 5.19. The predicted molar refractivity (Wildman–Crippen MR) is 104 cm³/mol. The van der Waals surface area contributed by atoms with Crippen LogP contribution >= 0.6 is 0 Å². The Bertz CT molecular complexity index is 1010. The molecule has 1 amide bonds. The van der Waals surface area contributed by atoms with Gasteiger partial charge in [-0.05, 0) is 58.8 Å². The summed E-state index contributed by atoms with van der Waals surface area (Å²) in [5, 5.41) is 10.0. The zero-order valence-corrected chi connectivity index (χ0v) is 16.5. The Balaban J connectivity index is 1.31. The van der Waals surface area contributed by atoms with Gasteiger partial charge in [0.25, 0.3) is 5.91 Å². The number of rotatable bonds is 7. The van der Waals surface area contributed by atoms with E-state index < -0.39 is 19.1 Å². The molecule has 0 spiro atoms. The molecule has 0 radical (unpaired) electrons. The third-order valence-corrected chi connectivity index (χ3v) is 5.15. The van der Waals surface area contributed by atoms with Crippen LogP contribution in [0.1, 0.15) is 28.3 Å². The van der Waals surface area contributed by atoms with E-state index in [1.807, 2.05) is 0 Å². The van der Waals surface area contributed by atoms with Crippen LogP contribution in [0, 0.1) is 5.82 Å². The van der Waals surface area contributed by atoms with Crippen LogP contribution in [-0.2, 0) is 6.54 Å². The molecular formula is C21H20F3N5O2. The van der Waals surface area contributed by atoms with Gasteiger partial charge in [0.2, 0.25) is 0 Å². The van der Waals surface area contributed by atoms with E-state index in [1.165, 1.54) is 24.3 Å². The van der Waals surface area contributed by atoms with Crippen LogP contribution in [0.4, 0.5) is 13.2 Å². The van der Waals surface area contributed by atoms with E-state index >= 15 is 0 Å². The summed E-state index contributed by atoms with van der Waals surface area (Å²) < 4.78 is 47.1. The lowest BCUT2D eigenvalue weighted by molar-refractivity contribution is -0.0574. The lowest BCUT2D eigenvalue weighted by atomic mass is 9.99. The number of tetrazole rings is 1. The summed E-state index contributed by atoms with van der Waals surface area (Å²) in [5.74, 6) is -3.19. The second-order valence-corrected chi connectivity index (χ2v) is 7.46. The van der Waals surface area contributed by atoms with Crippen LogP contribution in [0.25, 0.3) is 0 Å². The average Bonchev–Trinajstić information content (AvgIpc) is 3.45. The first kappa shape index (κ1) is 20.8. The number of hydrogen-bond donors (Lipinski definition) is 0. The van der Waals surface area contributed by atoms with Crippen molar-refractivity contribution in [1.29, 1.82) is 0 Å². The molecule has 10 heteroatoms. The molecule has 1 saturated heterocycles. The van der Waals surface area contributed by atoms with Gasteiger partial charge < -0.3 is 9.64 Å². The van der Waals surface area contributed by atoms with Crippen LogP contribution in [-0.4, -0.2) is 56.6 Å². The highest BCUT2D eigenvalue weighted by atomic mass is 19.3. The second-order valence-electron chi connectivity index (χ2n) is 7.46. The number of amides is 1. The highest BCUT2D eigenvalue weighted by Gasteiger charge is 2.32. The minimum absolute atomic E-state index is 0.139. The number of ether oxygens (including phenoxy) is 1. The average molecular weight is 431 g/mol. The Morgan fingerprint density at radius 1 is 1.13 bits per heavy atom. The number of hydrogen-bond acceptors (Lipinski definition) is 5. The lowest BCUT2D eigenvalue weighted by Crippen LogP contribution is -2.31. The Kier molecular flexibility index (Phi) is 5.88. The van der Waals surface area contributed by atoms with Crippen LogP contribution in [0.5, 0.6) is 5.75 Å². The van der Waals surface area contributed by atoms with Gasteiger partial charge in [-0.15, -0.1) is 5.10 Å². The monoisotopic (exact) mass is 431 g/mol. The maximum absolute atomic E-state index is 14.0. The molecule has 0 bridgehead atoms. The number of halogens is 3. The molecule has 0 N–H and O–H groups in total. The molecule has 0 unspecified atom stereocenters. The molecule has 7 nitrogen and oxygen atoms in total. The Hall–Kier alpha value is -3.43. The predicted octanol–water partition coefficient (Wildman–Crippen LogP) is 3.16. The quantitative estimate of drug-likeness (QED) is 0.575. The molecule has 162 valence electrons. The van der Waals surface area contributed by atoms with Crippen molar-refractivity contribution in [2.75, 3.05) is 19.7 Å². The fourth-order valence-electron chi connectivity index (χ4n) is 3.55. The molecule has 1 aliphatic rings. The maximum atomic E-state index is 14.0. The lowest BCUT2D eigenvalue weighted by Gasteiger charge is -2.18. The Labute approximate surface area is 176 Å². The molecule has 3 aromatic rings. The molecule has 1 aliphatic heterocycles. The zero-order valence-electron chi connectivity index (χ0n) is 16.5. The normalized spacial score (nSPS) is 16.5. The van der Waals surface area contributed by atoms with E-state index in [0.717, 1.165) is 23.0 Å². The number of aromatic nitrogens is 4. The van der Waals surface area contributed by atoms with Gasteiger partial charge in [0.15, 0.2) is 6.61 Å². The first-order valence-corrected chi connectivity index (χ1v) is 9.76. The van der Waals surface area contributed by atoms with Crippen molar-refractivity contribution in [2.45, 2.75) is 24.8 Å². The minimum atomic E-state index is -3.16. The van der Waals surface area contributed by atoms with E-state index in [0.29, 0.717) is 18.7 Å². The van der Waals surface area contributed by atoms with Gasteiger partial charge >= 0.3 is 5.92 Å². The van der Waals surface area contributed by atoms with Crippen molar-refractivity contribution in [1.82, 2.24) is 25.1 Å². The van der Waals surface area contributed by atoms with Crippen molar-refractivity contribution in [3.8, 4) is 5.75 Å². The first-order valence-electron chi connectivity index (χ1n) is 9.76. The summed E-state index contributed by atoms with van der Waals surface area (Å²) >= 11 is 0. The van der Waals surface area contributed by atoms with Crippen LogP contribution in [0.15, 0.2) is 54.9 Å². The Morgan fingerprint density at radius 3 is 2.55 bits per heavy atom. The summed E-state index contributed by atoms with van der Waals surface area (Å²) in [5.41, 5.74) is 1.45. The number of alkyl halides is 2. The summed E-state index contributed by atoms with van der Waals surface area (Å²) in [6.07, 6.45) is 1.91. The van der Waals surface area contributed by atoms with E-state index in [-0.39, 0.29) is 23.4 Å². The molecule has 31 heavy (non-hydrogen) atoms. The largest absolute Gasteiger partial charge is 0.487 e. The smallest absolute Gasteiger partial charge is 0.300 e. The zero-order chi connectivity index (χ0) is 21.8. The van der Waals surface area contributed by atoms with Crippen molar-refractivity contribution in [3.05, 3.63) is 71.8 Å². The van der Waals surface area contributed by atoms with Gasteiger partial charge in [-0.1, -0.05) is 12.1 Å². The SMILES string of the molecule is O=C(c1ccc(OCC(F)(F)Cn2cnnn2)cc1)N1CC[C@H](c2ccc(F)cc2)C1. The van der Waals surface area contributed by atoms with Gasteiger partial charge in [0, 0.05) is 24.6 Å². The maximum Gasteiger partial charge on any atom is 0.300 e. The third-order valence-electron chi connectivity index (χ3n) is 5.15. The molecule has 1 fully saturated rings. The molecule has 2 heterocycles. The Morgan fingerprint density at radius 2 is 1.87 bits per heavy atom. The van der Waals surface area contributed by atoms with Gasteiger partial charge in [0.1, 0.15) is 24.4 Å².